The number of aliphatic carboxylic acids is 1. The molecule has 1 aliphatic heterocycles. The van der Waals surface area contributed by atoms with Gasteiger partial charge in [0.2, 0.25) is 0 Å². The first kappa shape index (κ1) is 24.9. The number of carbonyl (C=O) groups excluding carboxylic acids is 1. The summed E-state index contributed by atoms with van der Waals surface area (Å²) < 4.78 is 87.6. The lowest BCUT2D eigenvalue weighted by molar-refractivity contribution is -0.139. The van der Waals surface area contributed by atoms with Crippen molar-refractivity contribution < 1.29 is 45.8 Å². The van der Waals surface area contributed by atoms with Gasteiger partial charge in [-0.05, 0) is 35.9 Å². The van der Waals surface area contributed by atoms with Crippen LogP contribution in [0.25, 0.3) is 0 Å². The highest BCUT2D eigenvalue weighted by molar-refractivity contribution is 6.02. The van der Waals surface area contributed by atoms with Gasteiger partial charge < -0.3 is 20.1 Å². The maximum atomic E-state index is 14.1. The Kier molecular flexibility index (Phi) is 6.53. The van der Waals surface area contributed by atoms with Crippen molar-refractivity contribution in [1.82, 2.24) is 5.32 Å². The van der Waals surface area contributed by atoms with Crippen molar-refractivity contribution in [3.05, 3.63) is 88.2 Å². The molecule has 36 heavy (non-hydrogen) atoms. The van der Waals surface area contributed by atoms with E-state index in [1.54, 1.807) is 0 Å². The Labute approximate surface area is 199 Å². The minimum Gasteiger partial charge on any atom is -0.481 e. The second kappa shape index (κ2) is 9.44. The predicted octanol–water partition coefficient (Wildman–Crippen LogP) is 5.25. The van der Waals surface area contributed by atoms with Gasteiger partial charge in [-0.25, -0.2) is 13.2 Å². The molecule has 4 rings (SSSR count). The molecule has 0 unspecified atom stereocenters. The number of carboxylic acid groups (broad SMARTS) is 1. The van der Waals surface area contributed by atoms with E-state index in [4.69, 9.17) is 9.84 Å². The largest absolute Gasteiger partial charge is 0.481 e. The number of halogens is 6. The fraction of sp³-hybridized carbons (Fsp3) is 0.167. The van der Waals surface area contributed by atoms with Crippen LogP contribution in [0.15, 0.2) is 48.5 Å². The highest BCUT2D eigenvalue weighted by Gasteiger charge is 2.35. The summed E-state index contributed by atoms with van der Waals surface area (Å²) in [5, 5.41) is 11.3. The molecule has 0 saturated carbocycles. The van der Waals surface area contributed by atoms with Gasteiger partial charge in [0.05, 0.1) is 36.4 Å². The van der Waals surface area contributed by atoms with E-state index < -0.39 is 58.8 Å². The zero-order valence-electron chi connectivity index (χ0n) is 18.1. The van der Waals surface area contributed by atoms with E-state index in [-0.39, 0.29) is 35.8 Å². The van der Waals surface area contributed by atoms with Crippen molar-refractivity contribution in [3.63, 3.8) is 0 Å². The second-order valence-electron chi connectivity index (χ2n) is 7.89. The van der Waals surface area contributed by atoms with E-state index in [0.717, 1.165) is 6.07 Å². The number of benzene rings is 3. The van der Waals surface area contributed by atoms with Crippen LogP contribution >= 0.6 is 0 Å². The molecule has 1 amide bonds. The summed E-state index contributed by atoms with van der Waals surface area (Å²) in [6.45, 7) is -0.500. The molecule has 188 valence electrons. The molecule has 2 N–H and O–H groups in total. The monoisotopic (exact) mass is 510 g/mol. The molecular formula is C24H16F6N2O4. The molecule has 0 aromatic heterocycles. The van der Waals surface area contributed by atoms with Gasteiger partial charge in [-0.1, -0.05) is 6.07 Å². The third-order valence-electron chi connectivity index (χ3n) is 5.37. The zero-order chi connectivity index (χ0) is 26.2. The number of ether oxygens (including phenoxy) is 1. The summed E-state index contributed by atoms with van der Waals surface area (Å²) in [6, 6.07) is 7.66. The van der Waals surface area contributed by atoms with Crippen molar-refractivity contribution in [3.8, 4) is 11.5 Å². The molecule has 0 atom stereocenters. The van der Waals surface area contributed by atoms with E-state index in [2.05, 4.69) is 5.32 Å². The zero-order valence-corrected chi connectivity index (χ0v) is 18.1. The van der Waals surface area contributed by atoms with Crippen LogP contribution in [-0.2, 0) is 23.9 Å². The number of carbonyl (C=O) groups is 2. The Balaban J connectivity index is 1.65. The molecule has 6 nitrogen and oxygen atoms in total. The third-order valence-corrected chi connectivity index (χ3v) is 5.37. The van der Waals surface area contributed by atoms with E-state index in [9.17, 15) is 35.9 Å². The average Bonchev–Trinajstić information content (AvgIpc) is 2.77. The lowest BCUT2D eigenvalue weighted by Gasteiger charge is -2.31. The fourth-order valence-corrected chi connectivity index (χ4v) is 3.74. The maximum Gasteiger partial charge on any atom is 0.419 e. The topological polar surface area (TPSA) is 78.9 Å². The molecule has 0 radical (unpaired) electrons. The number of amides is 1. The number of fused-ring (bicyclic) bond motifs is 1. The first-order valence-corrected chi connectivity index (χ1v) is 10.3. The van der Waals surface area contributed by atoms with Crippen LogP contribution in [-0.4, -0.2) is 23.7 Å². The number of rotatable bonds is 6. The Bertz CT molecular complexity index is 1340. The minimum absolute atomic E-state index is 0.0299. The van der Waals surface area contributed by atoms with Crippen molar-refractivity contribution in [1.29, 1.82) is 0 Å². The summed E-state index contributed by atoms with van der Waals surface area (Å²) in [4.78, 5) is 24.7. The van der Waals surface area contributed by atoms with Crippen LogP contribution in [0.1, 0.15) is 27.0 Å². The fourth-order valence-electron chi connectivity index (χ4n) is 3.74. The van der Waals surface area contributed by atoms with Crippen LogP contribution in [0.2, 0.25) is 0 Å². The Morgan fingerprint density at radius 2 is 1.72 bits per heavy atom. The Morgan fingerprint density at radius 1 is 1.03 bits per heavy atom. The van der Waals surface area contributed by atoms with E-state index in [1.807, 2.05) is 0 Å². The van der Waals surface area contributed by atoms with Gasteiger partial charge in [-0.15, -0.1) is 0 Å². The maximum absolute atomic E-state index is 14.1. The molecule has 1 heterocycles. The Morgan fingerprint density at radius 3 is 2.36 bits per heavy atom. The van der Waals surface area contributed by atoms with Crippen LogP contribution in [0, 0.1) is 17.5 Å². The summed E-state index contributed by atoms with van der Waals surface area (Å²) >= 11 is 0. The van der Waals surface area contributed by atoms with Gasteiger partial charge in [0.1, 0.15) is 29.0 Å². The number of nitrogens with zero attached hydrogens (tertiary/aromatic N) is 1. The van der Waals surface area contributed by atoms with E-state index in [1.165, 1.54) is 29.2 Å². The molecule has 3 aromatic rings. The smallest absolute Gasteiger partial charge is 0.419 e. The first-order valence-electron chi connectivity index (χ1n) is 10.3. The van der Waals surface area contributed by atoms with Gasteiger partial charge in [0, 0.05) is 17.7 Å². The van der Waals surface area contributed by atoms with Gasteiger partial charge in [0.25, 0.3) is 5.91 Å². The number of nitrogens with one attached hydrogen (secondary N) is 1. The Hall–Kier alpha value is -4.22. The molecule has 0 fully saturated rings. The minimum atomic E-state index is -4.85. The standard InChI is InChI=1S/C24H16F6N2O4/c25-13-7-18(26)16(19(27)8-13)10-32-11-31-23(35)15-9-14(2-3-20(15)32)36-21-4-1-12(6-22(33)34)5-17(21)24(28,29)30/h1-5,7-9H,6,10-11H2,(H,31,35)(H,33,34). The van der Waals surface area contributed by atoms with Crippen molar-refractivity contribution in [2.45, 2.75) is 19.1 Å². The SMILES string of the molecule is O=C(O)Cc1ccc(Oc2ccc3c(c2)C(=O)NCN3Cc2c(F)cc(F)cc2F)c(C(F)(F)F)c1. The quantitative estimate of drug-likeness (QED) is 0.443. The normalized spacial score (nSPS) is 13.3. The molecule has 0 saturated heterocycles. The number of carboxylic acids is 1. The first-order chi connectivity index (χ1) is 16.9. The molecule has 1 aliphatic rings. The van der Waals surface area contributed by atoms with Crippen molar-refractivity contribution in [2.24, 2.45) is 0 Å². The molecular weight excluding hydrogens is 494 g/mol. The summed E-state index contributed by atoms with van der Waals surface area (Å²) in [5.74, 6) is -5.96. The predicted molar refractivity (Wildman–Crippen MR) is 114 cm³/mol. The van der Waals surface area contributed by atoms with Crippen LogP contribution in [0.5, 0.6) is 11.5 Å². The second-order valence-corrected chi connectivity index (χ2v) is 7.89. The van der Waals surface area contributed by atoms with Crippen LogP contribution < -0.4 is 15.0 Å². The third kappa shape index (κ3) is 5.21. The van der Waals surface area contributed by atoms with E-state index >= 15 is 0 Å². The highest BCUT2D eigenvalue weighted by atomic mass is 19.4. The lowest BCUT2D eigenvalue weighted by atomic mass is 10.1. The van der Waals surface area contributed by atoms with Crippen LogP contribution in [0.3, 0.4) is 0 Å². The molecule has 0 spiro atoms. The average molecular weight is 510 g/mol. The summed E-state index contributed by atoms with van der Waals surface area (Å²) in [5.41, 5.74) is -1.52. The van der Waals surface area contributed by atoms with Gasteiger partial charge >= 0.3 is 12.1 Å². The van der Waals surface area contributed by atoms with Gasteiger partial charge in [-0.3, -0.25) is 9.59 Å². The van der Waals surface area contributed by atoms with Gasteiger partial charge in [-0.2, -0.15) is 13.2 Å². The van der Waals surface area contributed by atoms with Crippen molar-refractivity contribution in [2.75, 3.05) is 11.6 Å². The molecule has 3 aromatic carbocycles. The number of anilines is 1. The highest BCUT2D eigenvalue weighted by Crippen LogP contribution is 2.40. The van der Waals surface area contributed by atoms with Crippen molar-refractivity contribution >= 4 is 17.6 Å². The lowest BCUT2D eigenvalue weighted by Crippen LogP contribution is -2.43. The number of alkyl halides is 3. The number of hydrogen-bond donors (Lipinski definition) is 2. The molecule has 12 heteroatoms. The summed E-state index contributed by atoms with van der Waals surface area (Å²) in [6.07, 6.45) is -5.47. The number of hydrogen-bond acceptors (Lipinski definition) is 4. The van der Waals surface area contributed by atoms with Gasteiger partial charge in [0.15, 0.2) is 0 Å². The van der Waals surface area contributed by atoms with E-state index in [0.29, 0.717) is 18.2 Å². The van der Waals surface area contributed by atoms with Crippen LogP contribution in [0.4, 0.5) is 32.0 Å². The molecule has 0 aliphatic carbocycles. The molecule has 0 bridgehead atoms. The summed E-state index contributed by atoms with van der Waals surface area (Å²) in [7, 11) is 0.